The molecule has 0 amide bonds. The normalized spacial score (nSPS) is 19.4. The lowest BCUT2D eigenvalue weighted by Gasteiger charge is -2.27. The Morgan fingerprint density at radius 2 is 1.74 bits per heavy atom. The lowest BCUT2D eigenvalue weighted by molar-refractivity contribution is 0.588. The number of benzene rings is 2. The quantitative estimate of drug-likeness (QED) is 0.849. The number of nitrogens with zero attached hydrogens (tertiary/aromatic N) is 1. The van der Waals surface area contributed by atoms with E-state index in [2.05, 4.69) is 0 Å². The molecule has 0 saturated heterocycles. The summed E-state index contributed by atoms with van der Waals surface area (Å²) in [6.07, 6.45) is 3.33. The summed E-state index contributed by atoms with van der Waals surface area (Å²) in [5, 5.41) is 5.20. The zero-order valence-corrected chi connectivity index (χ0v) is 16.4. The fraction of sp³-hybridized carbons (Fsp3) is 0.263. The van der Waals surface area contributed by atoms with E-state index in [1.807, 2.05) is 31.2 Å². The summed E-state index contributed by atoms with van der Waals surface area (Å²) in [7, 11) is -7.53. The highest BCUT2D eigenvalue weighted by atomic mass is 32.2. The summed E-state index contributed by atoms with van der Waals surface area (Å²) in [4.78, 5) is 0.384. The van der Waals surface area contributed by atoms with E-state index in [-0.39, 0.29) is 10.9 Å². The van der Waals surface area contributed by atoms with Crippen molar-refractivity contribution in [2.24, 2.45) is 5.14 Å². The molecule has 27 heavy (non-hydrogen) atoms. The molecule has 1 aliphatic carbocycles. The van der Waals surface area contributed by atoms with Crippen molar-refractivity contribution in [3.8, 4) is 0 Å². The first kappa shape index (κ1) is 18.2. The second kappa shape index (κ2) is 6.19. The second-order valence-corrected chi connectivity index (χ2v) is 10.4. The number of rotatable bonds is 3. The molecular weight excluding hydrogens is 384 g/mol. The number of hydrogen-bond acceptors (Lipinski definition) is 4. The van der Waals surface area contributed by atoms with Crippen molar-refractivity contribution >= 4 is 31.8 Å². The van der Waals surface area contributed by atoms with Crippen LogP contribution >= 0.6 is 0 Å². The third-order valence-electron chi connectivity index (χ3n) is 5.14. The van der Waals surface area contributed by atoms with Crippen LogP contribution in [0.3, 0.4) is 0 Å². The predicted molar refractivity (Wildman–Crippen MR) is 105 cm³/mol. The van der Waals surface area contributed by atoms with Crippen molar-refractivity contribution in [3.63, 3.8) is 0 Å². The van der Waals surface area contributed by atoms with Gasteiger partial charge in [0, 0.05) is 6.04 Å². The van der Waals surface area contributed by atoms with E-state index in [9.17, 15) is 16.8 Å². The van der Waals surface area contributed by atoms with Crippen LogP contribution in [-0.2, 0) is 32.9 Å². The van der Waals surface area contributed by atoms with Crippen LogP contribution in [0.4, 0.5) is 5.69 Å². The molecule has 0 saturated carbocycles. The molecule has 2 aromatic rings. The average molecular weight is 405 g/mol. The van der Waals surface area contributed by atoms with Gasteiger partial charge in [-0.2, -0.15) is 0 Å². The molecule has 0 spiro atoms. The van der Waals surface area contributed by atoms with Gasteiger partial charge in [-0.3, -0.25) is 4.31 Å². The first-order chi connectivity index (χ1) is 12.7. The summed E-state index contributed by atoms with van der Waals surface area (Å²) in [5.74, 6) is 0. The summed E-state index contributed by atoms with van der Waals surface area (Å²) < 4.78 is 51.3. The molecule has 142 valence electrons. The molecule has 0 bridgehead atoms. The van der Waals surface area contributed by atoms with E-state index in [0.29, 0.717) is 35.4 Å². The van der Waals surface area contributed by atoms with Gasteiger partial charge in [-0.25, -0.2) is 22.0 Å². The van der Waals surface area contributed by atoms with Gasteiger partial charge in [-0.05, 0) is 67.2 Å². The summed E-state index contributed by atoms with van der Waals surface area (Å²) in [6, 6.07) is 11.9. The van der Waals surface area contributed by atoms with Crippen molar-refractivity contribution in [2.75, 3.05) is 4.31 Å². The number of primary sulfonamides is 1. The molecule has 2 N–H and O–H groups in total. The molecule has 8 heteroatoms. The molecule has 1 heterocycles. The third kappa shape index (κ3) is 3.07. The molecule has 0 fully saturated rings. The Hall–Kier alpha value is -2.16. The largest absolute Gasteiger partial charge is 0.263 e. The maximum Gasteiger partial charge on any atom is 0.260 e. The van der Waals surface area contributed by atoms with Gasteiger partial charge in [0.15, 0.2) is 0 Å². The number of fused-ring (bicyclic) bond motifs is 2. The molecule has 2 aromatic carbocycles. The number of aryl methyl sites for hydroxylation is 1. The van der Waals surface area contributed by atoms with Crippen LogP contribution in [0.2, 0.25) is 0 Å². The molecule has 0 aromatic heterocycles. The summed E-state index contributed by atoms with van der Waals surface area (Å²) >= 11 is 0. The van der Waals surface area contributed by atoms with Gasteiger partial charge in [0.1, 0.15) is 0 Å². The molecule has 1 unspecified atom stereocenters. The Morgan fingerprint density at radius 1 is 1.00 bits per heavy atom. The predicted octanol–water partition coefficient (Wildman–Crippen LogP) is 2.40. The van der Waals surface area contributed by atoms with E-state index >= 15 is 0 Å². The van der Waals surface area contributed by atoms with Crippen LogP contribution in [0.15, 0.2) is 52.3 Å². The summed E-state index contributed by atoms with van der Waals surface area (Å²) in [5.41, 5.74) is 3.27. The molecular formula is C19H20N2O4S2. The number of allylic oxidation sites excluding steroid dienone is 1. The first-order valence-electron chi connectivity index (χ1n) is 8.66. The van der Waals surface area contributed by atoms with Crippen molar-refractivity contribution < 1.29 is 16.8 Å². The summed E-state index contributed by atoms with van der Waals surface area (Å²) in [6.45, 7) is 1.82. The lowest BCUT2D eigenvalue weighted by Crippen LogP contribution is -2.37. The highest BCUT2D eigenvalue weighted by Gasteiger charge is 2.38. The Balaban J connectivity index is 1.78. The number of anilines is 1. The van der Waals surface area contributed by atoms with E-state index < -0.39 is 20.0 Å². The topological polar surface area (TPSA) is 97.5 Å². The first-order valence-corrected chi connectivity index (χ1v) is 11.7. The zero-order chi connectivity index (χ0) is 19.4. The van der Waals surface area contributed by atoms with Gasteiger partial charge in [-0.1, -0.05) is 24.3 Å². The van der Waals surface area contributed by atoms with E-state index in [1.54, 1.807) is 6.08 Å². The maximum atomic E-state index is 13.4. The Kier molecular flexibility index (Phi) is 4.17. The fourth-order valence-corrected chi connectivity index (χ4v) is 6.30. The van der Waals surface area contributed by atoms with Crippen molar-refractivity contribution in [3.05, 3.63) is 64.1 Å². The van der Waals surface area contributed by atoms with Gasteiger partial charge in [-0.15, -0.1) is 0 Å². The number of nitrogens with two attached hydrogens (primary N) is 1. The van der Waals surface area contributed by atoms with Crippen LogP contribution in [0.25, 0.3) is 6.08 Å². The van der Waals surface area contributed by atoms with Gasteiger partial charge >= 0.3 is 0 Å². The highest BCUT2D eigenvalue weighted by molar-refractivity contribution is 7.96. The SMILES string of the molecule is CC1Cc2cc(S(N)(=O)=O)ccc2N1S(=O)(=O)C1=Cc2ccccc2CC1. The minimum Gasteiger partial charge on any atom is -0.263 e. The standard InChI is InChI=1S/C19H20N2O4S2/c1-13-10-16-12-17(26(20,22)23)8-9-19(16)21(13)27(24,25)18-7-6-14-4-2-3-5-15(14)11-18/h2-5,8-9,11-13H,6-7,10H2,1H3,(H2,20,22,23). The van der Waals surface area contributed by atoms with Gasteiger partial charge in [0.25, 0.3) is 10.0 Å². The Labute approximate surface area is 159 Å². The molecule has 6 nitrogen and oxygen atoms in total. The van der Waals surface area contributed by atoms with Crippen LogP contribution in [-0.4, -0.2) is 22.9 Å². The van der Waals surface area contributed by atoms with Crippen LogP contribution < -0.4 is 9.44 Å². The monoisotopic (exact) mass is 404 g/mol. The van der Waals surface area contributed by atoms with Crippen LogP contribution in [0, 0.1) is 0 Å². The maximum absolute atomic E-state index is 13.4. The van der Waals surface area contributed by atoms with E-state index in [0.717, 1.165) is 11.1 Å². The van der Waals surface area contributed by atoms with Gasteiger partial charge in [0.05, 0.1) is 15.5 Å². The van der Waals surface area contributed by atoms with Gasteiger partial charge < -0.3 is 0 Å². The third-order valence-corrected chi connectivity index (χ3v) is 8.11. The van der Waals surface area contributed by atoms with Crippen LogP contribution in [0.5, 0.6) is 0 Å². The van der Waals surface area contributed by atoms with Crippen molar-refractivity contribution in [1.29, 1.82) is 0 Å². The van der Waals surface area contributed by atoms with E-state index in [4.69, 9.17) is 5.14 Å². The van der Waals surface area contributed by atoms with Crippen molar-refractivity contribution in [2.45, 2.75) is 37.1 Å². The molecule has 0 radical (unpaired) electrons. The van der Waals surface area contributed by atoms with E-state index in [1.165, 1.54) is 22.5 Å². The minimum atomic E-state index is -3.83. The van der Waals surface area contributed by atoms with Gasteiger partial charge in [0.2, 0.25) is 10.0 Å². The molecule has 2 aliphatic rings. The average Bonchev–Trinajstić information content (AvgIpc) is 2.96. The fourth-order valence-electron chi connectivity index (χ4n) is 3.86. The smallest absolute Gasteiger partial charge is 0.260 e. The Bertz CT molecular complexity index is 1170. The number of hydrogen-bond donors (Lipinski definition) is 1. The number of sulfonamides is 2. The minimum absolute atomic E-state index is 0.00138. The highest BCUT2D eigenvalue weighted by Crippen LogP contribution is 2.39. The lowest BCUT2D eigenvalue weighted by atomic mass is 9.98. The van der Waals surface area contributed by atoms with Crippen molar-refractivity contribution in [1.82, 2.24) is 0 Å². The molecule has 4 rings (SSSR count). The second-order valence-electron chi connectivity index (χ2n) is 7.00. The zero-order valence-electron chi connectivity index (χ0n) is 14.8. The van der Waals surface area contributed by atoms with Crippen LogP contribution in [0.1, 0.15) is 30.0 Å². The molecule has 1 atom stereocenters. The Morgan fingerprint density at radius 3 is 2.48 bits per heavy atom. The molecule has 1 aliphatic heterocycles.